The molecule has 0 heterocycles. The second kappa shape index (κ2) is 6.55. The van der Waals surface area contributed by atoms with E-state index >= 15 is 0 Å². The van der Waals surface area contributed by atoms with E-state index in [9.17, 15) is 0 Å². The molecule has 0 radical (unpaired) electrons. The van der Waals surface area contributed by atoms with E-state index in [2.05, 4.69) is 41.5 Å². The lowest BCUT2D eigenvalue weighted by Gasteiger charge is -2.47. The van der Waals surface area contributed by atoms with Gasteiger partial charge in [0.05, 0.1) is 0 Å². The fraction of sp³-hybridized carbons (Fsp3) is 1.00. The zero-order valence-corrected chi connectivity index (χ0v) is 11.9. The molecular weight excluding hydrogens is 180 g/mol. The van der Waals surface area contributed by atoms with Crippen LogP contribution >= 0.6 is 0 Å². The van der Waals surface area contributed by atoms with Gasteiger partial charge in [0.15, 0.2) is 0 Å². The zero-order chi connectivity index (χ0) is 11.9. The van der Waals surface area contributed by atoms with Gasteiger partial charge in [-0.25, -0.2) is 0 Å². The van der Waals surface area contributed by atoms with Gasteiger partial charge in [0.1, 0.15) is 0 Å². The van der Waals surface area contributed by atoms with Gasteiger partial charge >= 0.3 is 0 Å². The summed E-state index contributed by atoms with van der Waals surface area (Å²) in [7, 11) is 0. The topological polar surface area (TPSA) is 0 Å². The second-order valence-corrected chi connectivity index (χ2v) is 5.72. The van der Waals surface area contributed by atoms with Crippen LogP contribution in [0.1, 0.15) is 86.5 Å². The maximum absolute atomic E-state index is 2.53. The van der Waals surface area contributed by atoms with E-state index < -0.39 is 0 Å². The Hall–Kier alpha value is 0. The van der Waals surface area contributed by atoms with Gasteiger partial charge in [-0.3, -0.25) is 0 Å². The summed E-state index contributed by atoms with van der Waals surface area (Å²) >= 11 is 0. The Labute approximate surface area is 97.8 Å². The molecule has 0 aliphatic heterocycles. The minimum absolute atomic E-state index is 0.549. The summed E-state index contributed by atoms with van der Waals surface area (Å²) in [6, 6.07) is 0. The highest BCUT2D eigenvalue weighted by Crippen LogP contribution is 2.51. The number of hydrogen-bond acceptors (Lipinski definition) is 0. The first-order valence-corrected chi connectivity index (χ1v) is 6.99. The molecule has 0 rings (SSSR count). The van der Waals surface area contributed by atoms with Gasteiger partial charge < -0.3 is 0 Å². The predicted octanol–water partition coefficient (Wildman–Crippen LogP) is 5.81. The highest BCUT2D eigenvalue weighted by Gasteiger charge is 2.40. The van der Waals surface area contributed by atoms with Crippen LogP contribution in [0.3, 0.4) is 0 Å². The van der Waals surface area contributed by atoms with Crippen LogP contribution < -0.4 is 0 Å². The van der Waals surface area contributed by atoms with Crippen LogP contribution in [0.15, 0.2) is 0 Å². The zero-order valence-electron chi connectivity index (χ0n) is 11.9. The molecule has 1 atom stereocenters. The molecule has 0 N–H and O–H groups in total. The van der Waals surface area contributed by atoms with Gasteiger partial charge in [-0.15, -0.1) is 0 Å². The Kier molecular flexibility index (Phi) is 6.55. The molecule has 0 aliphatic rings. The van der Waals surface area contributed by atoms with Crippen LogP contribution in [0.2, 0.25) is 0 Å². The molecule has 1 unspecified atom stereocenters. The Morgan fingerprint density at radius 3 is 1.20 bits per heavy atom. The first kappa shape index (κ1) is 15.0. The van der Waals surface area contributed by atoms with Crippen LogP contribution in [-0.4, -0.2) is 0 Å². The summed E-state index contributed by atoms with van der Waals surface area (Å²) < 4.78 is 0. The van der Waals surface area contributed by atoms with Gasteiger partial charge in [-0.2, -0.15) is 0 Å². The third-order valence-corrected chi connectivity index (χ3v) is 4.64. The SMILES string of the molecule is CCCC(C)(CC)C(C)(CCC)CCC. The quantitative estimate of drug-likeness (QED) is 0.476. The van der Waals surface area contributed by atoms with Gasteiger partial charge in [0.25, 0.3) is 0 Å². The third-order valence-electron chi connectivity index (χ3n) is 4.64. The van der Waals surface area contributed by atoms with Gasteiger partial charge in [-0.05, 0) is 30.1 Å². The van der Waals surface area contributed by atoms with Crippen molar-refractivity contribution < 1.29 is 0 Å². The molecule has 0 saturated carbocycles. The minimum atomic E-state index is 0.549. The van der Waals surface area contributed by atoms with Crippen molar-refractivity contribution in [1.82, 2.24) is 0 Å². The lowest BCUT2D eigenvalue weighted by Crippen LogP contribution is -2.37. The smallest absolute Gasteiger partial charge is 0.0272 e. The molecule has 15 heavy (non-hydrogen) atoms. The number of rotatable bonds is 8. The van der Waals surface area contributed by atoms with Gasteiger partial charge in [0, 0.05) is 0 Å². The summed E-state index contributed by atoms with van der Waals surface area (Å²) in [4.78, 5) is 0. The molecular formula is C15H32. The van der Waals surface area contributed by atoms with E-state index in [-0.39, 0.29) is 0 Å². The molecule has 0 saturated heterocycles. The van der Waals surface area contributed by atoms with Crippen molar-refractivity contribution in [3.8, 4) is 0 Å². The van der Waals surface area contributed by atoms with E-state index in [1.807, 2.05) is 0 Å². The molecule has 0 aromatic heterocycles. The highest BCUT2D eigenvalue weighted by atomic mass is 14.5. The van der Waals surface area contributed by atoms with Crippen LogP contribution in [0.4, 0.5) is 0 Å². The van der Waals surface area contributed by atoms with E-state index in [0.717, 1.165) is 0 Å². The molecule has 0 heteroatoms. The standard InChI is InChI=1S/C15H32/c1-7-11-14(5,10-4)15(6,12-8-2)13-9-3/h7-13H2,1-6H3. The van der Waals surface area contributed by atoms with E-state index in [1.165, 1.54) is 44.9 Å². The van der Waals surface area contributed by atoms with E-state index in [1.54, 1.807) is 0 Å². The average molecular weight is 212 g/mol. The molecule has 92 valence electrons. The first-order valence-electron chi connectivity index (χ1n) is 6.99. The summed E-state index contributed by atoms with van der Waals surface area (Å²) in [5.41, 5.74) is 1.11. The molecule has 0 aromatic rings. The van der Waals surface area contributed by atoms with Gasteiger partial charge in [-0.1, -0.05) is 67.2 Å². The summed E-state index contributed by atoms with van der Waals surface area (Å²) in [6.45, 7) is 14.4. The predicted molar refractivity (Wildman–Crippen MR) is 71.2 cm³/mol. The summed E-state index contributed by atoms with van der Waals surface area (Å²) in [5, 5.41) is 0. The Bertz CT molecular complexity index is 153. The van der Waals surface area contributed by atoms with Crippen molar-refractivity contribution in [3.05, 3.63) is 0 Å². The van der Waals surface area contributed by atoms with E-state index in [0.29, 0.717) is 10.8 Å². The van der Waals surface area contributed by atoms with Crippen LogP contribution in [0.5, 0.6) is 0 Å². The fourth-order valence-corrected chi connectivity index (χ4v) is 3.29. The van der Waals surface area contributed by atoms with Crippen LogP contribution in [-0.2, 0) is 0 Å². The second-order valence-electron chi connectivity index (χ2n) is 5.72. The maximum atomic E-state index is 2.53. The van der Waals surface area contributed by atoms with Crippen molar-refractivity contribution in [2.75, 3.05) is 0 Å². The maximum Gasteiger partial charge on any atom is -0.0272 e. The Morgan fingerprint density at radius 1 is 0.600 bits per heavy atom. The van der Waals surface area contributed by atoms with Crippen molar-refractivity contribution in [1.29, 1.82) is 0 Å². The minimum Gasteiger partial charge on any atom is -0.0654 e. The third kappa shape index (κ3) is 3.50. The van der Waals surface area contributed by atoms with Crippen molar-refractivity contribution >= 4 is 0 Å². The molecule has 0 aromatic carbocycles. The molecule has 0 fully saturated rings. The van der Waals surface area contributed by atoms with Crippen molar-refractivity contribution in [3.63, 3.8) is 0 Å². The Morgan fingerprint density at radius 2 is 0.933 bits per heavy atom. The fourth-order valence-electron chi connectivity index (χ4n) is 3.29. The Balaban J connectivity index is 4.81. The average Bonchev–Trinajstić information content (AvgIpc) is 2.18. The van der Waals surface area contributed by atoms with Crippen LogP contribution in [0, 0.1) is 10.8 Å². The lowest BCUT2D eigenvalue weighted by atomic mass is 9.58. The molecule has 0 amide bonds. The van der Waals surface area contributed by atoms with Crippen molar-refractivity contribution in [2.45, 2.75) is 86.5 Å². The summed E-state index contributed by atoms with van der Waals surface area (Å²) in [5.74, 6) is 0. The molecule has 0 spiro atoms. The lowest BCUT2D eigenvalue weighted by molar-refractivity contribution is 0.0331. The summed E-state index contributed by atoms with van der Waals surface area (Å²) in [6.07, 6.45) is 9.49. The molecule has 0 aliphatic carbocycles. The number of hydrogen-bond donors (Lipinski definition) is 0. The highest BCUT2D eigenvalue weighted by molar-refractivity contribution is 4.90. The van der Waals surface area contributed by atoms with E-state index in [4.69, 9.17) is 0 Å². The first-order chi connectivity index (χ1) is 6.99. The monoisotopic (exact) mass is 212 g/mol. The van der Waals surface area contributed by atoms with Crippen molar-refractivity contribution in [2.24, 2.45) is 10.8 Å². The van der Waals surface area contributed by atoms with Crippen LogP contribution in [0.25, 0.3) is 0 Å². The normalized spacial score (nSPS) is 16.4. The largest absolute Gasteiger partial charge is 0.0654 e. The van der Waals surface area contributed by atoms with Gasteiger partial charge in [0.2, 0.25) is 0 Å². The molecule has 0 bridgehead atoms. The molecule has 0 nitrogen and oxygen atoms in total.